The van der Waals surface area contributed by atoms with Crippen molar-refractivity contribution in [3.05, 3.63) is 50.6 Å². The molecule has 0 aliphatic rings. The molecule has 1 amide bonds. The fourth-order valence-corrected chi connectivity index (χ4v) is 2.53. The van der Waals surface area contributed by atoms with Crippen LogP contribution < -0.4 is 16.8 Å². The van der Waals surface area contributed by atoms with Crippen molar-refractivity contribution in [2.45, 2.75) is 0 Å². The molecule has 0 fully saturated rings. The zero-order valence-electron chi connectivity index (χ0n) is 9.78. The van der Waals surface area contributed by atoms with E-state index in [1.165, 1.54) is 0 Å². The molecule has 0 saturated heterocycles. The summed E-state index contributed by atoms with van der Waals surface area (Å²) in [6, 6.07) is 10.6. The zero-order valence-corrected chi connectivity index (χ0v) is 12.7. The van der Waals surface area contributed by atoms with Gasteiger partial charge < -0.3 is 16.8 Å². The Bertz CT molecular complexity index is 646. The molecule has 0 heterocycles. The molecule has 0 radical (unpaired) electrons. The van der Waals surface area contributed by atoms with Crippen LogP contribution in [0.15, 0.2) is 36.4 Å². The van der Waals surface area contributed by atoms with Gasteiger partial charge in [0.2, 0.25) is 0 Å². The molecule has 6 heteroatoms. The van der Waals surface area contributed by atoms with E-state index in [1.807, 2.05) is 18.2 Å². The van der Waals surface area contributed by atoms with Crippen LogP contribution in [-0.4, -0.2) is 5.91 Å². The number of rotatable bonds is 3. The van der Waals surface area contributed by atoms with Gasteiger partial charge in [0.05, 0.1) is 27.6 Å². The Balaban J connectivity index is 2.38. The molecule has 2 aromatic carbocycles. The number of para-hydroxylation sites is 1. The number of benzene rings is 2. The van der Waals surface area contributed by atoms with Crippen molar-refractivity contribution in [2.75, 3.05) is 11.1 Å². The maximum absolute atomic E-state index is 11.2. The van der Waals surface area contributed by atoms with Gasteiger partial charge in [-0.2, -0.15) is 0 Å². The van der Waals surface area contributed by atoms with E-state index < -0.39 is 5.91 Å². The van der Waals surface area contributed by atoms with Crippen LogP contribution in [0.4, 0.5) is 17.1 Å². The highest BCUT2D eigenvalue weighted by Crippen LogP contribution is 2.30. The smallest absolute Gasteiger partial charge is 0.250 e. The number of nitrogens with two attached hydrogens (primary N) is 2. The van der Waals surface area contributed by atoms with Gasteiger partial charge in [-0.25, -0.2) is 0 Å². The first kappa shape index (κ1) is 14.0. The van der Waals surface area contributed by atoms with Crippen molar-refractivity contribution in [1.29, 1.82) is 0 Å². The number of hydrogen-bond acceptors (Lipinski definition) is 3. The number of hydrogen-bond donors (Lipinski definition) is 3. The third kappa shape index (κ3) is 3.10. The van der Waals surface area contributed by atoms with Gasteiger partial charge in [-0.05, 0) is 52.9 Å². The average Bonchev–Trinajstić information content (AvgIpc) is 2.34. The number of carbonyl (C=O) groups excluding carboxylic acids is 1. The quantitative estimate of drug-likeness (QED) is 0.558. The fraction of sp³-hybridized carbons (Fsp3) is 0. The predicted molar refractivity (Wildman–Crippen MR) is 86.8 cm³/mol. The molecule has 98 valence electrons. The van der Waals surface area contributed by atoms with Crippen LogP contribution >= 0.6 is 34.2 Å². The Morgan fingerprint density at radius 1 is 1.21 bits per heavy atom. The summed E-state index contributed by atoms with van der Waals surface area (Å²) in [6.07, 6.45) is 0. The number of nitrogens with one attached hydrogen (secondary N) is 1. The number of nitrogen functional groups attached to an aromatic ring is 1. The highest BCUT2D eigenvalue weighted by atomic mass is 127. The maximum atomic E-state index is 11.2. The van der Waals surface area contributed by atoms with Crippen LogP contribution in [0.3, 0.4) is 0 Å². The van der Waals surface area contributed by atoms with E-state index in [0.29, 0.717) is 16.4 Å². The summed E-state index contributed by atoms with van der Waals surface area (Å²) >= 11 is 8.31. The molecule has 0 unspecified atom stereocenters. The molecule has 0 aliphatic heterocycles. The van der Waals surface area contributed by atoms with Gasteiger partial charge in [0.15, 0.2) is 0 Å². The maximum Gasteiger partial charge on any atom is 0.250 e. The molecule has 2 aromatic rings. The van der Waals surface area contributed by atoms with Gasteiger partial charge in [-0.1, -0.05) is 17.7 Å². The van der Waals surface area contributed by atoms with E-state index in [1.54, 1.807) is 18.2 Å². The van der Waals surface area contributed by atoms with Crippen LogP contribution in [0.1, 0.15) is 10.4 Å². The normalized spacial score (nSPS) is 10.2. The lowest BCUT2D eigenvalue weighted by Crippen LogP contribution is -2.14. The summed E-state index contributed by atoms with van der Waals surface area (Å²) in [5, 5.41) is 3.67. The van der Waals surface area contributed by atoms with E-state index in [2.05, 4.69) is 27.9 Å². The monoisotopic (exact) mass is 387 g/mol. The van der Waals surface area contributed by atoms with E-state index in [-0.39, 0.29) is 5.56 Å². The second kappa shape index (κ2) is 5.66. The van der Waals surface area contributed by atoms with Gasteiger partial charge in [-0.15, -0.1) is 0 Å². The molecular formula is C13H11ClIN3O. The van der Waals surface area contributed by atoms with E-state index >= 15 is 0 Å². The third-order valence-electron chi connectivity index (χ3n) is 2.57. The molecule has 0 bridgehead atoms. The molecule has 0 spiro atoms. The first-order chi connectivity index (χ1) is 8.99. The molecule has 2 rings (SSSR count). The Morgan fingerprint density at radius 3 is 2.58 bits per heavy atom. The Morgan fingerprint density at radius 2 is 1.95 bits per heavy atom. The topological polar surface area (TPSA) is 81.1 Å². The van der Waals surface area contributed by atoms with E-state index in [0.717, 1.165) is 9.26 Å². The lowest BCUT2D eigenvalue weighted by atomic mass is 10.1. The molecule has 4 nitrogen and oxygen atoms in total. The van der Waals surface area contributed by atoms with Gasteiger partial charge in [0, 0.05) is 3.57 Å². The summed E-state index contributed by atoms with van der Waals surface area (Å²) in [5.74, 6) is -0.560. The standard InChI is InChI=1S/C13H11ClIN3O/c14-9-6-7(15)4-5-10(9)18-11-3-1-2-8(12(11)16)13(17)19/h1-6,18H,16H2,(H2,17,19). The van der Waals surface area contributed by atoms with Crippen molar-refractivity contribution in [3.8, 4) is 0 Å². The summed E-state index contributed by atoms with van der Waals surface area (Å²) in [6.45, 7) is 0. The molecule has 0 aromatic heterocycles. The van der Waals surface area contributed by atoms with Crippen LogP contribution in [-0.2, 0) is 0 Å². The number of anilines is 3. The van der Waals surface area contributed by atoms with Gasteiger partial charge >= 0.3 is 0 Å². The van der Waals surface area contributed by atoms with Crippen LogP contribution in [0.2, 0.25) is 5.02 Å². The van der Waals surface area contributed by atoms with E-state index in [9.17, 15) is 4.79 Å². The van der Waals surface area contributed by atoms with Gasteiger partial charge in [0.1, 0.15) is 0 Å². The van der Waals surface area contributed by atoms with Gasteiger partial charge in [-0.3, -0.25) is 4.79 Å². The number of halogens is 2. The van der Waals surface area contributed by atoms with Crippen LogP contribution in [0, 0.1) is 3.57 Å². The third-order valence-corrected chi connectivity index (χ3v) is 3.56. The van der Waals surface area contributed by atoms with Crippen molar-refractivity contribution < 1.29 is 4.79 Å². The fourth-order valence-electron chi connectivity index (χ4n) is 1.63. The first-order valence-electron chi connectivity index (χ1n) is 5.39. The predicted octanol–water partition coefficient (Wildman–Crippen LogP) is 3.37. The molecule has 0 saturated carbocycles. The summed E-state index contributed by atoms with van der Waals surface area (Å²) in [7, 11) is 0. The Labute approximate surface area is 129 Å². The minimum Gasteiger partial charge on any atom is -0.396 e. The van der Waals surface area contributed by atoms with Gasteiger partial charge in [0.25, 0.3) is 5.91 Å². The van der Waals surface area contributed by atoms with Crippen LogP contribution in [0.5, 0.6) is 0 Å². The van der Waals surface area contributed by atoms with Crippen molar-refractivity contribution in [3.63, 3.8) is 0 Å². The lowest BCUT2D eigenvalue weighted by molar-refractivity contribution is 0.100. The highest BCUT2D eigenvalue weighted by Gasteiger charge is 2.10. The average molecular weight is 388 g/mol. The first-order valence-corrected chi connectivity index (χ1v) is 6.85. The lowest BCUT2D eigenvalue weighted by Gasteiger charge is -2.12. The summed E-state index contributed by atoms with van der Waals surface area (Å²) in [4.78, 5) is 11.2. The molecule has 0 aliphatic carbocycles. The number of amides is 1. The second-order valence-electron chi connectivity index (χ2n) is 3.88. The summed E-state index contributed by atoms with van der Waals surface area (Å²) in [5.41, 5.74) is 13.1. The molecule has 0 atom stereocenters. The number of carbonyl (C=O) groups is 1. The highest BCUT2D eigenvalue weighted by molar-refractivity contribution is 14.1. The molecule has 19 heavy (non-hydrogen) atoms. The minimum absolute atomic E-state index is 0.284. The SMILES string of the molecule is NC(=O)c1cccc(Nc2ccc(I)cc2Cl)c1N. The Kier molecular flexibility index (Phi) is 4.16. The molecular weight excluding hydrogens is 377 g/mol. The van der Waals surface area contributed by atoms with Crippen molar-refractivity contribution in [1.82, 2.24) is 0 Å². The van der Waals surface area contributed by atoms with Crippen LogP contribution in [0.25, 0.3) is 0 Å². The van der Waals surface area contributed by atoms with Crippen molar-refractivity contribution in [2.24, 2.45) is 5.73 Å². The number of primary amides is 1. The molecule has 5 N–H and O–H groups in total. The Hall–Kier alpha value is -1.47. The summed E-state index contributed by atoms with van der Waals surface area (Å²) < 4.78 is 1.03. The van der Waals surface area contributed by atoms with E-state index in [4.69, 9.17) is 23.1 Å². The largest absolute Gasteiger partial charge is 0.396 e. The minimum atomic E-state index is -0.560. The van der Waals surface area contributed by atoms with Crippen molar-refractivity contribution >= 4 is 57.2 Å². The zero-order chi connectivity index (χ0) is 14.0. The second-order valence-corrected chi connectivity index (χ2v) is 5.53.